The van der Waals surface area contributed by atoms with Gasteiger partial charge in [0, 0.05) is 22.4 Å². The molecular weight excluding hydrogens is 324 g/mol. The van der Waals surface area contributed by atoms with Crippen molar-refractivity contribution in [3.63, 3.8) is 0 Å². The van der Waals surface area contributed by atoms with Gasteiger partial charge in [0.25, 0.3) is 5.91 Å². The van der Waals surface area contributed by atoms with Crippen molar-refractivity contribution in [2.75, 3.05) is 10.6 Å². The number of carbonyl (C=O) groups is 2. The average Bonchev–Trinajstić information content (AvgIpc) is 2.62. The van der Waals surface area contributed by atoms with E-state index in [9.17, 15) is 9.59 Å². The van der Waals surface area contributed by atoms with E-state index in [0.29, 0.717) is 16.9 Å². The Morgan fingerprint density at radius 3 is 1.92 bits per heavy atom. The molecule has 4 heteroatoms. The number of carbonyl (C=O) groups excluding carboxylic acids is 2. The molecule has 2 N–H and O–H groups in total. The van der Waals surface area contributed by atoms with Crippen LogP contribution in [0.25, 0.3) is 10.8 Å². The van der Waals surface area contributed by atoms with Crippen LogP contribution in [-0.2, 0) is 4.79 Å². The van der Waals surface area contributed by atoms with Crippen LogP contribution in [-0.4, -0.2) is 11.8 Å². The molecule has 4 nitrogen and oxygen atoms in total. The molecule has 0 unspecified atom stereocenters. The summed E-state index contributed by atoms with van der Waals surface area (Å²) in [6.07, 6.45) is 0. The minimum absolute atomic E-state index is 0.0505. The van der Waals surface area contributed by atoms with Crippen LogP contribution in [0.3, 0.4) is 0 Å². The van der Waals surface area contributed by atoms with E-state index >= 15 is 0 Å². The molecule has 0 fully saturated rings. The summed E-state index contributed by atoms with van der Waals surface area (Å²) in [5, 5.41) is 7.87. The molecule has 0 heterocycles. The van der Waals surface area contributed by atoms with Gasteiger partial charge in [0.15, 0.2) is 0 Å². The highest BCUT2D eigenvalue weighted by atomic mass is 16.2. The summed E-state index contributed by atoms with van der Waals surface area (Å²) < 4.78 is 0. The summed E-state index contributed by atoms with van der Waals surface area (Å²) in [6, 6.07) is 20.7. The second-order valence-corrected chi connectivity index (χ2v) is 7.30. The molecular formula is C22H22N2O2. The predicted molar refractivity (Wildman–Crippen MR) is 106 cm³/mol. The first-order chi connectivity index (χ1) is 12.3. The number of hydrogen-bond acceptors (Lipinski definition) is 2. The lowest BCUT2D eigenvalue weighted by molar-refractivity contribution is -0.123. The Bertz CT molecular complexity index is 954. The normalized spacial score (nSPS) is 11.2. The summed E-state index contributed by atoms with van der Waals surface area (Å²) in [5.41, 5.74) is 1.53. The highest BCUT2D eigenvalue weighted by Gasteiger charge is 2.21. The molecule has 3 aromatic carbocycles. The molecule has 2 amide bonds. The summed E-state index contributed by atoms with van der Waals surface area (Å²) in [7, 11) is 0. The van der Waals surface area contributed by atoms with Gasteiger partial charge >= 0.3 is 0 Å². The van der Waals surface area contributed by atoms with Crippen LogP contribution in [0, 0.1) is 5.41 Å². The van der Waals surface area contributed by atoms with Gasteiger partial charge in [-0.1, -0.05) is 51.1 Å². The predicted octanol–water partition coefficient (Wildman–Crippen LogP) is 5.08. The van der Waals surface area contributed by atoms with E-state index in [0.717, 1.165) is 10.8 Å². The zero-order valence-electron chi connectivity index (χ0n) is 15.2. The Morgan fingerprint density at radius 1 is 0.731 bits per heavy atom. The van der Waals surface area contributed by atoms with E-state index < -0.39 is 5.41 Å². The van der Waals surface area contributed by atoms with Crippen LogP contribution in [0.4, 0.5) is 11.4 Å². The average molecular weight is 346 g/mol. The van der Waals surface area contributed by atoms with Crippen LogP contribution in [0.2, 0.25) is 0 Å². The summed E-state index contributed by atoms with van der Waals surface area (Å²) in [4.78, 5) is 24.5. The SMILES string of the molecule is CC(C)(C)C(=O)Nc1ccc(NC(=O)c2ccc3ccccc3c2)cc1. The molecule has 0 aromatic heterocycles. The standard InChI is InChI=1S/C22H22N2O2/c1-22(2,3)21(26)24-19-12-10-18(11-13-19)23-20(25)17-9-8-15-6-4-5-7-16(15)14-17/h4-14H,1-3H3,(H,23,25)(H,24,26). The first-order valence-electron chi connectivity index (χ1n) is 8.54. The largest absolute Gasteiger partial charge is 0.326 e. The minimum Gasteiger partial charge on any atom is -0.326 e. The third-order valence-corrected chi connectivity index (χ3v) is 4.09. The number of benzene rings is 3. The molecule has 0 saturated heterocycles. The van der Waals surface area contributed by atoms with Gasteiger partial charge in [0.1, 0.15) is 0 Å². The molecule has 0 spiro atoms. The van der Waals surface area contributed by atoms with Gasteiger partial charge < -0.3 is 10.6 Å². The Balaban J connectivity index is 1.70. The fourth-order valence-electron chi connectivity index (χ4n) is 2.49. The van der Waals surface area contributed by atoms with E-state index in [1.54, 1.807) is 24.3 Å². The molecule has 0 aliphatic rings. The third kappa shape index (κ3) is 4.09. The molecule has 3 aromatic rings. The van der Waals surface area contributed by atoms with Gasteiger partial charge in [0.2, 0.25) is 5.91 Å². The van der Waals surface area contributed by atoms with Gasteiger partial charge in [-0.05, 0) is 47.2 Å². The van der Waals surface area contributed by atoms with Crippen molar-refractivity contribution >= 4 is 34.0 Å². The molecule has 132 valence electrons. The second kappa shape index (κ2) is 7.00. The summed E-state index contributed by atoms with van der Waals surface area (Å²) in [6.45, 7) is 5.58. The van der Waals surface area contributed by atoms with Gasteiger partial charge in [-0.2, -0.15) is 0 Å². The second-order valence-electron chi connectivity index (χ2n) is 7.30. The van der Waals surface area contributed by atoms with Crippen LogP contribution < -0.4 is 10.6 Å². The number of amides is 2. The minimum atomic E-state index is -0.455. The number of hydrogen-bond donors (Lipinski definition) is 2. The number of anilines is 2. The lowest BCUT2D eigenvalue weighted by Gasteiger charge is -2.17. The molecule has 0 aliphatic carbocycles. The number of fused-ring (bicyclic) bond motifs is 1. The van der Waals surface area contributed by atoms with Crippen molar-refractivity contribution in [1.82, 2.24) is 0 Å². The molecule has 26 heavy (non-hydrogen) atoms. The van der Waals surface area contributed by atoms with Crippen molar-refractivity contribution in [1.29, 1.82) is 0 Å². The maximum absolute atomic E-state index is 12.5. The fourth-order valence-corrected chi connectivity index (χ4v) is 2.49. The number of rotatable bonds is 3. The van der Waals surface area contributed by atoms with Crippen LogP contribution >= 0.6 is 0 Å². The smallest absolute Gasteiger partial charge is 0.255 e. The molecule has 0 atom stereocenters. The van der Waals surface area contributed by atoms with Crippen molar-refractivity contribution in [3.05, 3.63) is 72.3 Å². The van der Waals surface area contributed by atoms with Crippen LogP contribution in [0.15, 0.2) is 66.7 Å². The van der Waals surface area contributed by atoms with Gasteiger partial charge in [-0.3, -0.25) is 9.59 Å². The molecule has 3 rings (SSSR count). The topological polar surface area (TPSA) is 58.2 Å². The molecule has 0 bridgehead atoms. The van der Waals surface area contributed by atoms with Gasteiger partial charge in [0.05, 0.1) is 0 Å². The van der Waals surface area contributed by atoms with Crippen molar-refractivity contribution in [2.45, 2.75) is 20.8 Å². The Kier molecular flexibility index (Phi) is 4.76. The molecule has 0 saturated carbocycles. The van der Waals surface area contributed by atoms with Crippen LogP contribution in [0.5, 0.6) is 0 Å². The third-order valence-electron chi connectivity index (χ3n) is 4.09. The maximum Gasteiger partial charge on any atom is 0.255 e. The highest BCUT2D eigenvalue weighted by molar-refractivity contribution is 6.06. The molecule has 0 aliphatic heterocycles. The first-order valence-corrected chi connectivity index (χ1v) is 8.54. The first kappa shape index (κ1) is 17.7. The molecule has 0 radical (unpaired) electrons. The van der Waals surface area contributed by atoms with Crippen molar-refractivity contribution in [3.8, 4) is 0 Å². The van der Waals surface area contributed by atoms with Crippen molar-refractivity contribution < 1.29 is 9.59 Å². The maximum atomic E-state index is 12.5. The monoisotopic (exact) mass is 346 g/mol. The van der Waals surface area contributed by atoms with Crippen molar-refractivity contribution in [2.24, 2.45) is 5.41 Å². The van der Waals surface area contributed by atoms with Gasteiger partial charge in [-0.25, -0.2) is 0 Å². The lowest BCUT2D eigenvalue weighted by Crippen LogP contribution is -2.27. The lowest BCUT2D eigenvalue weighted by atomic mass is 9.95. The summed E-state index contributed by atoms with van der Waals surface area (Å²) >= 11 is 0. The zero-order valence-corrected chi connectivity index (χ0v) is 15.2. The van der Waals surface area contributed by atoms with E-state index in [1.807, 2.05) is 63.2 Å². The van der Waals surface area contributed by atoms with E-state index in [-0.39, 0.29) is 11.8 Å². The van der Waals surface area contributed by atoms with E-state index in [1.165, 1.54) is 0 Å². The number of nitrogens with one attached hydrogen (secondary N) is 2. The summed E-state index contributed by atoms with van der Waals surface area (Å²) in [5.74, 6) is -0.215. The quantitative estimate of drug-likeness (QED) is 0.695. The fraction of sp³-hybridized carbons (Fsp3) is 0.182. The Hall–Kier alpha value is -3.14. The Morgan fingerprint density at radius 2 is 1.31 bits per heavy atom. The zero-order chi connectivity index (χ0) is 18.7. The van der Waals surface area contributed by atoms with E-state index in [4.69, 9.17) is 0 Å². The Labute approximate surface area is 153 Å². The highest BCUT2D eigenvalue weighted by Crippen LogP contribution is 2.20. The van der Waals surface area contributed by atoms with E-state index in [2.05, 4.69) is 10.6 Å². The van der Waals surface area contributed by atoms with Crippen LogP contribution in [0.1, 0.15) is 31.1 Å². The van der Waals surface area contributed by atoms with Gasteiger partial charge in [-0.15, -0.1) is 0 Å².